The molecule has 0 saturated carbocycles. The van der Waals surface area contributed by atoms with Gasteiger partial charge in [0.15, 0.2) is 11.2 Å². The van der Waals surface area contributed by atoms with Gasteiger partial charge in [0.05, 0.1) is 16.8 Å². The van der Waals surface area contributed by atoms with Gasteiger partial charge in [-0.25, -0.2) is 9.78 Å². The van der Waals surface area contributed by atoms with Gasteiger partial charge in [0.2, 0.25) is 0 Å². The standard InChI is InChI=1S/C33H30N4O3S/c1-2-29(31(38)36-33-35-28(21-41-33)23-13-7-4-8-14-23)40-32(39)30-24-15-9-10-16-26(24)34-27-17-18-37(20-25(27)30)19-22-11-5-3-6-12-22/h3-16,21,29H,2,17-20H2,1H3,(H,35,36,38). The van der Waals surface area contributed by atoms with E-state index in [-0.39, 0.29) is 0 Å². The molecule has 206 valence electrons. The van der Waals surface area contributed by atoms with Crippen LogP contribution in [0.4, 0.5) is 5.13 Å². The van der Waals surface area contributed by atoms with Crippen LogP contribution in [0.1, 0.15) is 40.5 Å². The third-order valence-corrected chi connectivity index (χ3v) is 8.05. The van der Waals surface area contributed by atoms with E-state index in [4.69, 9.17) is 9.72 Å². The molecule has 41 heavy (non-hydrogen) atoms. The van der Waals surface area contributed by atoms with Gasteiger partial charge in [0, 0.05) is 53.6 Å². The number of ether oxygens (including phenoxy) is 1. The first-order valence-corrected chi connectivity index (χ1v) is 14.7. The summed E-state index contributed by atoms with van der Waals surface area (Å²) >= 11 is 1.34. The SMILES string of the molecule is CCC(OC(=O)c1c2c(nc3ccccc13)CCN(Cc1ccccc1)C2)C(=O)Nc1nc(-c2ccccc2)cs1. The molecule has 1 aliphatic heterocycles. The number of thiazole rings is 1. The van der Waals surface area contributed by atoms with Crippen LogP contribution in [0.2, 0.25) is 0 Å². The zero-order valence-corrected chi connectivity index (χ0v) is 23.6. The molecule has 6 rings (SSSR count). The van der Waals surface area contributed by atoms with Crippen molar-refractivity contribution in [3.8, 4) is 11.3 Å². The summed E-state index contributed by atoms with van der Waals surface area (Å²) < 4.78 is 5.92. The van der Waals surface area contributed by atoms with E-state index < -0.39 is 18.0 Å². The van der Waals surface area contributed by atoms with Gasteiger partial charge < -0.3 is 4.74 Å². The highest BCUT2D eigenvalue weighted by atomic mass is 32.1. The van der Waals surface area contributed by atoms with Crippen molar-refractivity contribution >= 4 is 39.2 Å². The molecule has 3 heterocycles. The summed E-state index contributed by atoms with van der Waals surface area (Å²) in [6.07, 6.45) is 0.108. The van der Waals surface area contributed by atoms with E-state index in [9.17, 15) is 9.59 Å². The smallest absolute Gasteiger partial charge is 0.340 e. The lowest BCUT2D eigenvalue weighted by Gasteiger charge is -2.30. The van der Waals surface area contributed by atoms with Crippen LogP contribution in [-0.2, 0) is 29.0 Å². The third kappa shape index (κ3) is 5.89. The summed E-state index contributed by atoms with van der Waals surface area (Å²) in [5.74, 6) is -0.903. The number of pyridine rings is 1. The predicted molar refractivity (Wildman–Crippen MR) is 162 cm³/mol. The van der Waals surface area contributed by atoms with Gasteiger partial charge in [-0.05, 0) is 18.1 Å². The molecule has 1 amide bonds. The van der Waals surface area contributed by atoms with Crippen LogP contribution >= 0.6 is 11.3 Å². The van der Waals surface area contributed by atoms with Gasteiger partial charge in [0.1, 0.15) is 0 Å². The zero-order chi connectivity index (χ0) is 28.2. The number of rotatable bonds is 8. The van der Waals surface area contributed by atoms with Gasteiger partial charge >= 0.3 is 5.97 Å². The van der Waals surface area contributed by atoms with Crippen molar-refractivity contribution in [3.63, 3.8) is 0 Å². The lowest BCUT2D eigenvalue weighted by molar-refractivity contribution is -0.124. The van der Waals surface area contributed by atoms with Gasteiger partial charge in [-0.15, -0.1) is 11.3 Å². The first-order chi connectivity index (χ1) is 20.1. The van der Waals surface area contributed by atoms with Gasteiger partial charge in [-0.3, -0.25) is 20.0 Å². The van der Waals surface area contributed by atoms with Crippen LogP contribution in [-0.4, -0.2) is 39.4 Å². The first kappa shape index (κ1) is 26.8. The number of carbonyl (C=O) groups is 2. The molecule has 0 fully saturated rings. The van der Waals surface area contributed by atoms with E-state index in [1.54, 1.807) is 0 Å². The van der Waals surface area contributed by atoms with Crippen molar-refractivity contribution in [1.29, 1.82) is 0 Å². The van der Waals surface area contributed by atoms with Crippen LogP contribution in [0, 0.1) is 0 Å². The van der Waals surface area contributed by atoms with Crippen molar-refractivity contribution in [3.05, 3.63) is 113 Å². The fraction of sp³-hybridized carbons (Fsp3) is 0.212. The van der Waals surface area contributed by atoms with E-state index in [1.807, 2.05) is 85.1 Å². The summed E-state index contributed by atoms with van der Waals surface area (Å²) in [7, 11) is 0. The Balaban J connectivity index is 1.24. The molecular weight excluding hydrogens is 532 g/mol. The van der Waals surface area contributed by atoms with Crippen LogP contribution in [0.5, 0.6) is 0 Å². The Morgan fingerprint density at radius 3 is 2.49 bits per heavy atom. The number of carbonyl (C=O) groups excluding carboxylic acids is 2. The molecular formula is C33H30N4O3S. The van der Waals surface area contributed by atoms with Crippen LogP contribution < -0.4 is 5.32 Å². The first-order valence-electron chi connectivity index (χ1n) is 13.8. The molecule has 0 saturated heterocycles. The van der Waals surface area contributed by atoms with Crippen molar-refractivity contribution in [2.45, 2.75) is 39.0 Å². The Hall–Kier alpha value is -4.40. The number of fused-ring (bicyclic) bond motifs is 2. The molecule has 2 aromatic heterocycles. The quantitative estimate of drug-likeness (QED) is 0.218. The largest absolute Gasteiger partial charge is 0.449 e. The molecule has 0 radical (unpaired) electrons. The Labute approximate surface area is 242 Å². The highest BCUT2D eigenvalue weighted by molar-refractivity contribution is 7.14. The fourth-order valence-electron chi connectivity index (χ4n) is 5.22. The molecule has 1 aliphatic rings. The Morgan fingerprint density at radius 1 is 0.976 bits per heavy atom. The van der Waals surface area contributed by atoms with Crippen LogP contribution in [0.25, 0.3) is 22.2 Å². The minimum Gasteiger partial charge on any atom is -0.449 e. The molecule has 0 spiro atoms. The topological polar surface area (TPSA) is 84.4 Å². The van der Waals surface area contributed by atoms with Crippen molar-refractivity contribution in [2.75, 3.05) is 11.9 Å². The predicted octanol–water partition coefficient (Wildman–Crippen LogP) is 6.49. The molecule has 0 bridgehead atoms. The summed E-state index contributed by atoms with van der Waals surface area (Å²) in [6.45, 7) is 4.04. The number of hydrogen-bond donors (Lipinski definition) is 1. The normalized spacial score (nSPS) is 13.9. The average molecular weight is 563 g/mol. The molecule has 7 nitrogen and oxygen atoms in total. The Morgan fingerprint density at radius 2 is 1.71 bits per heavy atom. The van der Waals surface area contributed by atoms with Gasteiger partial charge in [0.25, 0.3) is 5.91 Å². The maximum atomic E-state index is 13.8. The molecule has 1 atom stereocenters. The maximum absolute atomic E-state index is 13.8. The molecule has 1 unspecified atom stereocenters. The lowest BCUT2D eigenvalue weighted by Crippen LogP contribution is -2.34. The fourth-order valence-corrected chi connectivity index (χ4v) is 5.95. The molecule has 3 aromatic carbocycles. The third-order valence-electron chi connectivity index (χ3n) is 7.29. The van der Waals surface area contributed by atoms with Crippen molar-refractivity contribution < 1.29 is 14.3 Å². The minimum atomic E-state index is -0.960. The van der Waals surface area contributed by atoms with E-state index in [2.05, 4.69) is 27.3 Å². The van der Waals surface area contributed by atoms with Crippen LogP contribution in [0.15, 0.2) is 90.3 Å². The number of amides is 1. The highest BCUT2D eigenvalue weighted by Gasteiger charge is 2.30. The van der Waals surface area contributed by atoms with Crippen molar-refractivity contribution in [1.82, 2.24) is 14.9 Å². The zero-order valence-electron chi connectivity index (χ0n) is 22.7. The van der Waals surface area contributed by atoms with E-state index in [0.29, 0.717) is 23.7 Å². The summed E-state index contributed by atoms with van der Waals surface area (Å²) in [4.78, 5) is 38.8. The lowest BCUT2D eigenvalue weighted by atomic mass is 9.95. The monoisotopic (exact) mass is 562 g/mol. The number of esters is 1. The average Bonchev–Trinajstić information content (AvgIpc) is 3.48. The second-order valence-corrected chi connectivity index (χ2v) is 10.9. The Bertz CT molecular complexity index is 1690. The number of para-hydroxylation sites is 1. The second kappa shape index (κ2) is 12.0. The summed E-state index contributed by atoms with van der Waals surface area (Å²) in [6, 6.07) is 27.7. The molecule has 0 aliphatic carbocycles. The minimum absolute atomic E-state index is 0.333. The van der Waals surface area contributed by atoms with Crippen molar-refractivity contribution in [2.24, 2.45) is 0 Å². The number of hydrogen-bond acceptors (Lipinski definition) is 7. The van der Waals surface area contributed by atoms with Gasteiger partial charge in [-0.1, -0.05) is 85.8 Å². The van der Waals surface area contributed by atoms with Crippen LogP contribution in [0.3, 0.4) is 0 Å². The summed E-state index contributed by atoms with van der Waals surface area (Å²) in [5, 5.41) is 5.94. The maximum Gasteiger partial charge on any atom is 0.340 e. The molecule has 8 heteroatoms. The highest BCUT2D eigenvalue weighted by Crippen LogP contribution is 2.30. The number of nitrogens with one attached hydrogen (secondary N) is 1. The number of aromatic nitrogens is 2. The summed E-state index contributed by atoms with van der Waals surface area (Å²) in [5.41, 5.74) is 6.00. The van der Waals surface area contributed by atoms with E-state index in [1.165, 1.54) is 16.9 Å². The number of anilines is 1. The van der Waals surface area contributed by atoms with E-state index >= 15 is 0 Å². The Kier molecular flexibility index (Phi) is 7.84. The molecule has 5 aromatic rings. The number of benzene rings is 3. The molecule has 1 N–H and O–H groups in total. The van der Waals surface area contributed by atoms with Gasteiger partial charge in [-0.2, -0.15) is 0 Å². The second-order valence-electron chi connectivity index (χ2n) is 10.1. The number of nitrogens with zero attached hydrogens (tertiary/aromatic N) is 3. The van der Waals surface area contributed by atoms with E-state index in [0.717, 1.165) is 52.9 Å².